The van der Waals surface area contributed by atoms with E-state index in [0.29, 0.717) is 6.04 Å². The number of nitrogens with zero attached hydrogens (tertiary/aromatic N) is 2. The summed E-state index contributed by atoms with van der Waals surface area (Å²) < 4.78 is 0. The highest BCUT2D eigenvalue weighted by Crippen LogP contribution is 2.35. The van der Waals surface area contributed by atoms with Crippen LogP contribution in [0.1, 0.15) is 44.7 Å². The molecule has 2 unspecified atom stereocenters. The molecule has 0 bridgehead atoms. The normalized spacial score (nSPS) is 19.3. The summed E-state index contributed by atoms with van der Waals surface area (Å²) >= 11 is 0. The number of hydrogen-bond acceptors (Lipinski definition) is 3. The van der Waals surface area contributed by atoms with Crippen LogP contribution in [0.5, 0.6) is 0 Å². The lowest BCUT2D eigenvalue weighted by Crippen LogP contribution is -2.42. The summed E-state index contributed by atoms with van der Waals surface area (Å²) in [6, 6.07) is 5.41. The first kappa shape index (κ1) is 12.5. The molecule has 1 fully saturated rings. The molecule has 2 rings (SSSR count). The van der Waals surface area contributed by atoms with Crippen molar-refractivity contribution >= 4 is 0 Å². The number of rotatable bonds is 6. The second kappa shape index (κ2) is 5.61. The molecule has 1 aliphatic carbocycles. The van der Waals surface area contributed by atoms with E-state index in [1.54, 1.807) is 0 Å². The van der Waals surface area contributed by atoms with E-state index in [-0.39, 0.29) is 6.04 Å². The van der Waals surface area contributed by atoms with Gasteiger partial charge in [0.15, 0.2) is 0 Å². The molecule has 3 nitrogen and oxygen atoms in total. The van der Waals surface area contributed by atoms with Gasteiger partial charge in [0.1, 0.15) is 0 Å². The van der Waals surface area contributed by atoms with E-state index in [9.17, 15) is 0 Å². The van der Waals surface area contributed by atoms with E-state index in [4.69, 9.17) is 5.73 Å². The molecular weight excluding hydrogens is 210 g/mol. The smallest absolute Gasteiger partial charge is 0.0517 e. The van der Waals surface area contributed by atoms with Crippen LogP contribution in [-0.4, -0.2) is 28.5 Å². The Kier molecular flexibility index (Phi) is 4.13. The van der Waals surface area contributed by atoms with Crippen molar-refractivity contribution in [2.45, 2.75) is 51.2 Å². The third kappa shape index (κ3) is 2.85. The van der Waals surface area contributed by atoms with E-state index in [0.717, 1.165) is 19.0 Å². The van der Waals surface area contributed by atoms with Gasteiger partial charge in [-0.3, -0.25) is 9.88 Å². The molecule has 3 heteroatoms. The Balaban J connectivity index is 2.23. The molecule has 1 aromatic rings. The first-order valence-electron chi connectivity index (χ1n) is 6.69. The molecule has 1 aromatic heterocycles. The Morgan fingerprint density at radius 1 is 1.47 bits per heavy atom. The second-order valence-corrected chi connectivity index (χ2v) is 4.86. The molecule has 94 valence electrons. The number of hydrogen-bond donors (Lipinski definition) is 1. The van der Waals surface area contributed by atoms with Crippen molar-refractivity contribution in [3.05, 3.63) is 30.1 Å². The van der Waals surface area contributed by atoms with Gasteiger partial charge in [-0.25, -0.2) is 0 Å². The molecule has 0 spiro atoms. The molecule has 1 saturated carbocycles. The van der Waals surface area contributed by atoms with Gasteiger partial charge in [-0.1, -0.05) is 19.9 Å². The maximum absolute atomic E-state index is 6.32. The SMILES string of the molecule is CCC(N)C(c1cccnc1)N(CC)C1CC1. The Morgan fingerprint density at radius 3 is 2.71 bits per heavy atom. The first-order valence-corrected chi connectivity index (χ1v) is 6.69. The van der Waals surface area contributed by atoms with Crippen LogP contribution in [-0.2, 0) is 0 Å². The van der Waals surface area contributed by atoms with Crippen LogP contribution in [0.2, 0.25) is 0 Å². The molecule has 0 aromatic carbocycles. The maximum atomic E-state index is 6.32. The van der Waals surface area contributed by atoms with Gasteiger partial charge < -0.3 is 5.73 Å². The van der Waals surface area contributed by atoms with Crippen molar-refractivity contribution in [3.8, 4) is 0 Å². The predicted molar refractivity (Wildman–Crippen MR) is 70.6 cm³/mol. The van der Waals surface area contributed by atoms with E-state index >= 15 is 0 Å². The highest BCUT2D eigenvalue weighted by atomic mass is 15.2. The standard InChI is InChI=1S/C14H23N3/c1-3-13(15)14(11-6-5-9-16-10-11)17(4-2)12-7-8-12/h5-6,9-10,12-14H,3-4,7-8,15H2,1-2H3. The Bertz CT molecular complexity index is 335. The van der Waals surface area contributed by atoms with Gasteiger partial charge >= 0.3 is 0 Å². The van der Waals surface area contributed by atoms with Crippen molar-refractivity contribution in [1.29, 1.82) is 0 Å². The quantitative estimate of drug-likeness (QED) is 0.820. The molecule has 1 aliphatic rings. The van der Waals surface area contributed by atoms with Crippen molar-refractivity contribution in [3.63, 3.8) is 0 Å². The van der Waals surface area contributed by atoms with Crippen molar-refractivity contribution in [2.24, 2.45) is 5.73 Å². The summed E-state index contributed by atoms with van der Waals surface area (Å²) in [6.45, 7) is 5.46. The van der Waals surface area contributed by atoms with Crippen LogP contribution in [0.3, 0.4) is 0 Å². The zero-order valence-electron chi connectivity index (χ0n) is 10.8. The molecule has 1 heterocycles. The third-order valence-electron chi connectivity index (χ3n) is 3.64. The first-order chi connectivity index (χ1) is 8.27. The van der Waals surface area contributed by atoms with Gasteiger partial charge in [0.05, 0.1) is 6.04 Å². The number of nitrogens with two attached hydrogens (primary N) is 1. The minimum Gasteiger partial charge on any atom is -0.326 e. The molecule has 0 radical (unpaired) electrons. The third-order valence-corrected chi connectivity index (χ3v) is 3.64. The van der Waals surface area contributed by atoms with E-state index in [1.165, 1.54) is 18.4 Å². The minimum atomic E-state index is 0.194. The number of aromatic nitrogens is 1. The Labute approximate surface area is 104 Å². The predicted octanol–water partition coefficient (Wildman–Crippen LogP) is 2.34. The average Bonchev–Trinajstić information content (AvgIpc) is 3.20. The monoisotopic (exact) mass is 233 g/mol. The van der Waals surface area contributed by atoms with Crippen molar-refractivity contribution in [1.82, 2.24) is 9.88 Å². The maximum Gasteiger partial charge on any atom is 0.0517 e. The molecule has 0 aliphatic heterocycles. The molecule has 0 saturated heterocycles. The average molecular weight is 233 g/mol. The summed E-state index contributed by atoms with van der Waals surface area (Å²) in [5.74, 6) is 0. The highest BCUT2D eigenvalue weighted by Gasteiger charge is 2.35. The van der Waals surface area contributed by atoms with Gasteiger partial charge in [0.2, 0.25) is 0 Å². The van der Waals surface area contributed by atoms with Crippen LogP contribution in [0.15, 0.2) is 24.5 Å². The van der Waals surface area contributed by atoms with Gasteiger partial charge in [-0.2, -0.15) is 0 Å². The second-order valence-electron chi connectivity index (χ2n) is 4.86. The summed E-state index contributed by atoms with van der Waals surface area (Å²) in [6.07, 6.45) is 7.43. The van der Waals surface area contributed by atoms with Gasteiger partial charge in [-0.15, -0.1) is 0 Å². The van der Waals surface area contributed by atoms with Crippen LogP contribution in [0, 0.1) is 0 Å². The van der Waals surface area contributed by atoms with E-state index in [2.05, 4.69) is 29.8 Å². The fraction of sp³-hybridized carbons (Fsp3) is 0.643. The van der Waals surface area contributed by atoms with Crippen LogP contribution >= 0.6 is 0 Å². The van der Waals surface area contributed by atoms with Gasteiger partial charge in [0, 0.05) is 24.5 Å². The van der Waals surface area contributed by atoms with Crippen LogP contribution in [0.4, 0.5) is 0 Å². The molecule has 0 amide bonds. The summed E-state index contributed by atoms with van der Waals surface area (Å²) in [4.78, 5) is 6.78. The zero-order valence-corrected chi connectivity index (χ0v) is 10.8. The lowest BCUT2D eigenvalue weighted by atomic mass is 9.97. The fourth-order valence-electron chi connectivity index (χ4n) is 2.55. The summed E-state index contributed by atoms with van der Waals surface area (Å²) in [5, 5.41) is 0. The lowest BCUT2D eigenvalue weighted by Gasteiger charge is -2.34. The Hall–Kier alpha value is -0.930. The molecule has 17 heavy (non-hydrogen) atoms. The van der Waals surface area contributed by atoms with Crippen molar-refractivity contribution in [2.75, 3.05) is 6.54 Å². The highest BCUT2D eigenvalue weighted by molar-refractivity contribution is 5.17. The van der Waals surface area contributed by atoms with Crippen LogP contribution < -0.4 is 5.73 Å². The number of likely N-dealkylation sites (N-methyl/N-ethyl adjacent to an activating group) is 1. The summed E-state index contributed by atoms with van der Waals surface area (Å²) in [7, 11) is 0. The molecule has 2 N–H and O–H groups in total. The summed E-state index contributed by atoms with van der Waals surface area (Å²) in [5.41, 5.74) is 7.58. The van der Waals surface area contributed by atoms with E-state index in [1.807, 2.05) is 18.5 Å². The Morgan fingerprint density at radius 2 is 2.24 bits per heavy atom. The van der Waals surface area contributed by atoms with Gasteiger partial charge in [-0.05, 0) is 37.4 Å². The van der Waals surface area contributed by atoms with Crippen molar-refractivity contribution < 1.29 is 0 Å². The largest absolute Gasteiger partial charge is 0.326 e. The van der Waals surface area contributed by atoms with Crippen LogP contribution in [0.25, 0.3) is 0 Å². The topological polar surface area (TPSA) is 42.1 Å². The van der Waals surface area contributed by atoms with Gasteiger partial charge in [0.25, 0.3) is 0 Å². The zero-order chi connectivity index (χ0) is 12.3. The molecular formula is C14H23N3. The fourth-order valence-corrected chi connectivity index (χ4v) is 2.55. The number of pyridine rings is 1. The lowest BCUT2D eigenvalue weighted by molar-refractivity contribution is 0.168. The minimum absolute atomic E-state index is 0.194. The van der Waals surface area contributed by atoms with E-state index < -0.39 is 0 Å². The molecule has 2 atom stereocenters.